The number of hydrogen-bond donors (Lipinski definition) is 0. The molecular formula is C33H38BrN5O. The molecule has 0 unspecified atom stereocenters. The summed E-state index contributed by atoms with van der Waals surface area (Å²) in [6.45, 7) is 8.12. The number of likely N-dealkylation sites (tertiary alicyclic amines) is 1. The van der Waals surface area contributed by atoms with Crippen LogP contribution in [0, 0.1) is 5.92 Å². The molecule has 208 valence electrons. The number of rotatable bonds is 7. The van der Waals surface area contributed by atoms with Crippen LogP contribution in [0.15, 0.2) is 77.3 Å². The number of imidazole rings is 1. The number of aromatic nitrogens is 2. The number of carbonyl (C=O) groups is 1. The highest BCUT2D eigenvalue weighted by molar-refractivity contribution is 9.10. The van der Waals surface area contributed by atoms with Gasteiger partial charge < -0.3 is 9.80 Å². The van der Waals surface area contributed by atoms with Crippen LogP contribution in [0.3, 0.4) is 0 Å². The smallest absolute Gasteiger partial charge is 0.227 e. The van der Waals surface area contributed by atoms with Crippen molar-refractivity contribution in [3.63, 3.8) is 0 Å². The van der Waals surface area contributed by atoms with Gasteiger partial charge in [-0.3, -0.25) is 14.3 Å². The van der Waals surface area contributed by atoms with Crippen LogP contribution in [0.1, 0.15) is 37.6 Å². The fourth-order valence-electron chi connectivity index (χ4n) is 6.27. The lowest BCUT2D eigenvalue weighted by Crippen LogP contribution is -2.52. The second-order valence-electron chi connectivity index (χ2n) is 11.1. The van der Waals surface area contributed by atoms with E-state index >= 15 is 0 Å². The molecule has 0 aliphatic carbocycles. The van der Waals surface area contributed by atoms with Gasteiger partial charge in [-0.15, -0.1) is 0 Å². The van der Waals surface area contributed by atoms with Gasteiger partial charge in [0.15, 0.2) is 0 Å². The van der Waals surface area contributed by atoms with E-state index < -0.39 is 0 Å². The summed E-state index contributed by atoms with van der Waals surface area (Å²) < 4.78 is 3.33. The standard InChI is InChI=1S/C33H38BrN5O/c1-2-6-25-10-14-28(15-11-25)37-19-21-38(22-20-37)33(40)26-7-5-18-36(23-26)24-32-35-30-8-3-4-9-31(30)39(32)29-16-12-27(34)13-17-29/h3-4,8-17,26H,2,5-7,18-24H2,1H3/t26-/m0/s1. The fourth-order valence-corrected chi connectivity index (χ4v) is 6.53. The molecule has 0 radical (unpaired) electrons. The van der Waals surface area contributed by atoms with E-state index in [-0.39, 0.29) is 5.92 Å². The predicted octanol–water partition coefficient (Wildman–Crippen LogP) is 6.30. The molecule has 6 rings (SSSR count). The molecule has 4 aromatic rings. The monoisotopic (exact) mass is 599 g/mol. The molecule has 2 aliphatic rings. The first kappa shape index (κ1) is 27.0. The van der Waals surface area contributed by atoms with Gasteiger partial charge in [0.2, 0.25) is 5.91 Å². The minimum Gasteiger partial charge on any atom is -0.368 e. The van der Waals surface area contributed by atoms with Crippen LogP contribution < -0.4 is 4.90 Å². The van der Waals surface area contributed by atoms with E-state index in [1.165, 1.54) is 17.7 Å². The fraction of sp³-hybridized carbons (Fsp3) is 0.394. The summed E-state index contributed by atoms with van der Waals surface area (Å²) in [7, 11) is 0. The number of carbonyl (C=O) groups excluding carboxylic acids is 1. The summed E-state index contributed by atoms with van der Waals surface area (Å²) in [4.78, 5) is 25.6. The lowest BCUT2D eigenvalue weighted by Gasteiger charge is -2.39. The average molecular weight is 601 g/mol. The van der Waals surface area contributed by atoms with Gasteiger partial charge in [0, 0.05) is 48.6 Å². The van der Waals surface area contributed by atoms with Crippen molar-refractivity contribution in [2.75, 3.05) is 44.2 Å². The largest absolute Gasteiger partial charge is 0.368 e. The summed E-state index contributed by atoms with van der Waals surface area (Å²) in [5, 5.41) is 0. The third kappa shape index (κ3) is 5.81. The molecule has 40 heavy (non-hydrogen) atoms. The minimum atomic E-state index is 0.0548. The van der Waals surface area contributed by atoms with Crippen LogP contribution in [0.2, 0.25) is 0 Å². The molecular weight excluding hydrogens is 562 g/mol. The molecule has 1 atom stereocenters. The van der Waals surface area contributed by atoms with E-state index in [1.807, 2.05) is 6.07 Å². The summed E-state index contributed by atoms with van der Waals surface area (Å²) in [5.41, 5.74) is 5.89. The van der Waals surface area contributed by atoms with Gasteiger partial charge in [-0.05, 0) is 79.9 Å². The summed E-state index contributed by atoms with van der Waals surface area (Å²) in [6, 6.07) is 25.7. The highest BCUT2D eigenvalue weighted by atomic mass is 79.9. The summed E-state index contributed by atoms with van der Waals surface area (Å²) >= 11 is 3.56. The Morgan fingerprint density at radius 1 is 0.900 bits per heavy atom. The van der Waals surface area contributed by atoms with E-state index in [4.69, 9.17) is 4.98 Å². The van der Waals surface area contributed by atoms with E-state index in [2.05, 4.69) is 109 Å². The number of piperidine rings is 1. The first-order valence-electron chi connectivity index (χ1n) is 14.7. The molecule has 0 N–H and O–H groups in total. The first-order chi connectivity index (χ1) is 19.6. The van der Waals surface area contributed by atoms with Gasteiger partial charge in [-0.2, -0.15) is 0 Å². The third-order valence-corrected chi connectivity index (χ3v) is 8.90. The van der Waals surface area contributed by atoms with Crippen LogP contribution in [-0.4, -0.2) is 64.5 Å². The van der Waals surface area contributed by atoms with Crippen LogP contribution in [0.4, 0.5) is 5.69 Å². The number of piperazine rings is 1. The molecule has 2 saturated heterocycles. The zero-order chi connectivity index (χ0) is 27.5. The van der Waals surface area contributed by atoms with Crippen molar-refractivity contribution < 1.29 is 4.79 Å². The van der Waals surface area contributed by atoms with Gasteiger partial charge >= 0.3 is 0 Å². The topological polar surface area (TPSA) is 44.6 Å². The molecule has 0 saturated carbocycles. The number of fused-ring (bicyclic) bond motifs is 1. The number of aryl methyl sites for hydroxylation is 1. The Balaban J connectivity index is 1.11. The Bertz CT molecular complexity index is 1440. The molecule has 2 fully saturated rings. The van der Waals surface area contributed by atoms with E-state index in [9.17, 15) is 4.79 Å². The maximum absolute atomic E-state index is 13.6. The van der Waals surface area contributed by atoms with Crippen LogP contribution in [0.25, 0.3) is 16.7 Å². The highest BCUT2D eigenvalue weighted by Gasteiger charge is 2.31. The Morgan fingerprint density at radius 3 is 2.38 bits per heavy atom. The number of benzene rings is 3. The maximum atomic E-state index is 13.6. The Kier molecular flexibility index (Phi) is 8.21. The number of anilines is 1. The second-order valence-corrected chi connectivity index (χ2v) is 12.0. The van der Waals surface area contributed by atoms with Gasteiger partial charge in [-0.1, -0.05) is 53.5 Å². The zero-order valence-electron chi connectivity index (χ0n) is 23.3. The molecule has 0 spiro atoms. The molecule has 1 amide bonds. The third-order valence-electron chi connectivity index (χ3n) is 8.37. The lowest BCUT2D eigenvalue weighted by molar-refractivity contribution is -0.137. The summed E-state index contributed by atoms with van der Waals surface area (Å²) in [5.74, 6) is 1.40. The highest BCUT2D eigenvalue weighted by Crippen LogP contribution is 2.27. The summed E-state index contributed by atoms with van der Waals surface area (Å²) in [6.07, 6.45) is 4.31. The maximum Gasteiger partial charge on any atom is 0.227 e. The lowest BCUT2D eigenvalue weighted by atomic mass is 9.96. The average Bonchev–Trinajstić information content (AvgIpc) is 3.36. The normalized spacial score (nSPS) is 18.4. The van der Waals surface area contributed by atoms with Crippen LogP contribution >= 0.6 is 15.9 Å². The molecule has 6 nitrogen and oxygen atoms in total. The van der Waals surface area contributed by atoms with E-state index in [0.29, 0.717) is 5.91 Å². The number of nitrogens with zero attached hydrogens (tertiary/aromatic N) is 5. The minimum absolute atomic E-state index is 0.0548. The van der Waals surface area contributed by atoms with Crippen molar-refractivity contribution in [2.24, 2.45) is 5.92 Å². The van der Waals surface area contributed by atoms with Crippen molar-refractivity contribution >= 4 is 38.6 Å². The Labute approximate surface area is 245 Å². The second kappa shape index (κ2) is 12.1. The Hall–Kier alpha value is -3.16. The van der Waals surface area contributed by atoms with Crippen molar-refractivity contribution in [3.05, 3.63) is 88.7 Å². The molecule has 3 heterocycles. The van der Waals surface area contributed by atoms with Crippen molar-refractivity contribution in [1.29, 1.82) is 0 Å². The van der Waals surface area contributed by atoms with Crippen molar-refractivity contribution in [2.45, 2.75) is 39.2 Å². The number of amides is 1. The SMILES string of the molecule is CCCc1ccc(N2CCN(C(=O)[C@H]3CCCN(Cc4nc5ccccc5n4-c4ccc(Br)cc4)C3)CC2)cc1. The number of hydrogen-bond acceptors (Lipinski definition) is 4. The number of para-hydroxylation sites is 2. The molecule has 0 bridgehead atoms. The molecule has 1 aromatic heterocycles. The van der Waals surface area contributed by atoms with E-state index in [0.717, 1.165) is 92.1 Å². The first-order valence-corrected chi connectivity index (χ1v) is 15.5. The molecule has 7 heteroatoms. The predicted molar refractivity (Wildman–Crippen MR) is 166 cm³/mol. The van der Waals surface area contributed by atoms with E-state index in [1.54, 1.807) is 0 Å². The number of halogens is 1. The van der Waals surface area contributed by atoms with Gasteiger partial charge in [0.25, 0.3) is 0 Å². The van der Waals surface area contributed by atoms with Crippen molar-refractivity contribution in [3.8, 4) is 5.69 Å². The quantitative estimate of drug-likeness (QED) is 0.250. The van der Waals surface area contributed by atoms with Gasteiger partial charge in [0.05, 0.1) is 23.5 Å². The van der Waals surface area contributed by atoms with Crippen LogP contribution in [-0.2, 0) is 17.8 Å². The van der Waals surface area contributed by atoms with Gasteiger partial charge in [0.1, 0.15) is 5.82 Å². The Morgan fingerprint density at radius 2 is 1.62 bits per heavy atom. The van der Waals surface area contributed by atoms with Gasteiger partial charge in [-0.25, -0.2) is 4.98 Å². The molecule has 3 aromatic carbocycles. The van der Waals surface area contributed by atoms with Crippen LogP contribution in [0.5, 0.6) is 0 Å². The molecule has 2 aliphatic heterocycles. The van der Waals surface area contributed by atoms with Crippen molar-refractivity contribution in [1.82, 2.24) is 19.4 Å². The zero-order valence-corrected chi connectivity index (χ0v) is 24.9.